The Kier molecular flexibility index (Phi) is 4.86. The second-order valence-electron chi connectivity index (χ2n) is 5.87. The number of Topliss-reactive ketones (excluding diaryl/α,β-unsaturated/α-hetero) is 1. The highest BCUT2D eigenvalue weighted by atomic mass is 19.1. The Balaban J connectivity index is 1.95. The van der Waals surface area contributed by atoms with Gasteiger partial charge in [-0.3, -0.25) is 4.79 Å². The summed E-state index contributed by atoms with van der Waals surface area (Å²) >= 11 is 0. The molecule has 1 aliphatic rings. The van der Waals surface area contributed by atoms with Crippen molar-refractivity contribution in [3.8, 4) is 0 Å². The van der Waals surface area contributed by atoms with Crippen LogP contribution in [0.2, 0.25) is 0 Å². The Bertz CT molecular complexity index is 457. The summed E-state index contributed by atoms with van der Waals surface area (Å²) in [4.78, 5) is 11.9. The Hall–Kier alpha value is -1.29. The third kappa shape index (κ3) is 3.63. The third-order valence-corrected chi connectivity index (χ3v) is 3.83. The molecule has 0 amide bonds. The number of hydrogen-bond donors (Lipinski definition) is 0. The molecule has 2 unspecified atom stereocenters. The van der Waals surface area contributed by atoms with Crippen molar-refractivity contribution in [1.82, 2.24) is 0 Å². The molecule has 1 aromatic carbocycles. The van der Waals surface area contributed by atoms with E-state index in [1.807, 2.05) is 0 Å². The number of rotatable bonds is 4. The fraction of sp³-hybridized carbons (Fsp3) is 0.562. The first-order valence-corrected chi connectivity index (χ1v) is 7.06. The lowest BCUT2D eigenvalue weighted by Crippen LogP contribution is -2.28. The SMILES string of the molecule is CC1CC(C)CC(OCC(=O)c2c(F)cccc2F)C1. The molecule has 0 saturated heterocycles. The van der Waals surface area contributed by atoms with Gasteiger partial charge in [0.25, 0.3) is 0 Å². The zero-order valence-corrected chi connectivity index (χ0v) is 11.9. The molecular weight excluding hydrogens is 262 g/mol. The number of hydrogen-bond acceptors (Lipinski definition) is 2. The number of benzene rings is 1. The van der Waals surface area contributed by atoms with Gasteiger partial charge in [-0.1, -0.05) is 19.9 Å². The first-order valence-electron chi connectivity index (χ1n) is 7.06. The van der Waals surface area contributed by atoms with Gasteiger partial charge in [0, 0.05) is 0 Å². The first-order chi connectivity index (χ1) is 9.47. The van der Waals surface area contributed by atoms with Crippen LogP contribution in [0, 0.1) is 23.5 Å². The van der Waals surface area contributed by atoms with Gasteiger partial charge in [-0.05, 0) is 43.2 Å². The highest BCUT2D eigenvalue weighted by Crippen LogP contribution is 2.30. The van der Waals surface area contributed by atoms with Crippen molar-refractivity contribution in [2.45, 2.75) is 39.2 Å². The van der Waals surface area contributed by atoms with Gasteiger partial charge in [0.15, 0.2) is 5.78 Å². The fourth-order valence-corrected chi connectivity index (χ4v) is 3.04. The van der Waals surface area contributed by atoms with Crippen LogP contribution in [0.15, 0.2) is 18.2 Å². The van der Waals surface area contributed by atoms with Gasteiger partial charge >= 0.3 is 0 Å². The van der Waals surface area contributed by atoms with E-state index < -0.39 is 23.0 Å². The van der Waals surface area contributed by atoms with Gasteiger partial charge in [-0.2, -0.15) is 0 Å². The molecule has 0 bridgehead atoms. The Morgan fingerprint density at radius 2 is 1.70 bits per heavy atom. The summed E-state index contributed by atoms with van der Waals surface area (Å²) in [5, 5.41) is 0. The van der Waals surface area contributed by atoms with Crippen LogP contribution in [0.5, 0.6) is 0 Å². The molecule has 110 valence electrons. The predicted molar refractivity (Wildman–Crippen MR) is 72.6 cm³/mol. The molecule has 2 nitrogen and oxygen atoms in total. The minimum Gasteiger partial charge on any atom is -0.370 e. The summed E-state index contributed by atoms with van der Waals surface area (Å²) in [5.74, 6) is -1.17. The van der Waals surface area contributed by atoms with Crippen LogP contribution in [0.1, 0.15) is 43.5 Å². The van der Waals surface area contributed by atoms with Gasteiger partial charge in [0.2, 0.25) is 0 Å². The summed E-state index contributed by atoms with van der Waals surface area (Å²) in [5.41, 5.74) is -0.496. The van der Waals surface area contributed by atoms with Crippen molar-refractivity contribution in [2.24, 2.45) is 11.8 Å². The molecule has 1 fully saturated rings. The van der Waals surface area contributed by atoms with E-state index in [1.54, 1.807) is 0 Å². The maximum absolute atomic E-state index is 13.5. The lowest BCUT2D eigenvalue weighted by Gasteiger charge is -2.31. The Morgan fingerprint density at radius 1 is 1.15 bits per heavy atom. The van der Waals surface area contributed by atoms with Gasteiger partial charge in [-0.25, -0.2) is 8.78 Å². The van der Waals surface area contributed by atoms with Crippen molar-refractivity contribution in [3.63, 3.8) is 0 Å². The zero-order chi connectivity index (χ0) is 14.7. The van der Waals surface area contributed by atoms with Crippen molar-refractivity contribution in [1.29, 1.82) is 0 Å². The van der Waals surface area contributed by atoms with Gasteiger partial charge in [0.1, 0.15) is 18.2 Å². The van der Waals surface area contributed by atoms with Crippen LogP contribution in [0.3, 0.4) is 0 Å². The molecule has 0 spiro atoms. The second kappa shape index (κ2) is 6.44. The summed E-state index contributed by atoms with van der Waals surface area (Å²) in [6.07, 6.45) is 2.97. The molecule has 1 aliphatic carbocycles. The van der Waals surface area contributed by atoms with Gasteiger partial charge in [0.05, 0.1) is 11.7 Å². The molecule has 0 radical (unpaired) electrons. The highest BCUT2D eigenvalue weighted by molar-refractivity contribution is 5.97. The normalized spacial score (nSPS) is 26.5. The fourth-order valence-electron chi connectivity index (χ4n) is 3.04. The molecule has 0 heterocycles. The maximum Gasteiger partial charge on any atom is 0.194 e. The minimum absolute atomic E-state index is 0.00698. The second-order valence-corrected chi connectivity index (χ2v) is 5.87. The molecular formula is C16H20F2O2. The quantitative estimate of drug-likeness (QED) is 0.781. The van der Waals surface area contributed by atoms with E-state index >= 15 is 0 Å². The van der Waals surface area contributed by atoms with Gasteiger partial charge < -0.3 is 4.74 Å². The largest absolute Gasteiger partial charge is 0.370 e. The molecule has 20 heavy (non-hydrogen) atoms. The Labute approximate surface area is 118 Å². The molecule has 1 aromatic rings. The number of ether oxygens (including phenoxy) is 1. The molecule has 2 atom stereocenters. The summed E-state index contributed by atoms with van der Waals surface area (Å²) in [7, 11) is 0. The maximum atomic E-state index is 13.5. The summed E-state index contributed by atoms with van der Waals surface area (Å²) < 4.78 is 32.5. The average Bonchev–Trinajstić information content (AvgIpc) is 2.35. The third-order valence-electron chi connectivity index (χ3n) is 3.83. The topological polar surface area (TPSA) is 26.3 Å². The minimum atomic E-state index is -0.830. The van der Waals surface area contributed by atoms with E-state index in [0.717, 1.165) is 31.4 Å². The van der Waals surface area contributed by atoms with Crippen LogP contribution in [0.25, 0.3) is 0 Å². The van der Waals surface area contributed by atoms with E-state index in [0.29, 0.717) is 11.8 Å². The van der Waals surface area contributed by atoms with Crippen molar-refractivity contribution >= 4 is 5.78 Å². The molecule has 0 aliphatic heterocycles. The standard InChI is InChI=1S/C16H20F2O2/c1-10-6-11(2)8-12(7-10)20-9-15(19)16-13(17)4-3-5-14(16)18/h3-5,10-12H,6-9H2,1-2H3. The predicted octanol–water partition coefficient (Wildman–Crippen LogP) is 3.99. The number of halogens is 2. The van der Waals surface area contributed by atoms with Crippen LogP contribution in [-0.2, 0) is 4.74 Å². The van der Waals surface area contributed by atoms with E-state index in [4.69, 9.17) is 4.74 Å². The number of ketones is 1. The summed E-state index contributed by atoms with van der Waals surface area (Å²) in [6.45, 7) is 4.05. The number of carbonyl (C=O) groups is 1. The molecule has 1 saturated carbocycles. The molecule has 4 heteroatoms. The Morgan fingerprint density at radius 3 is 2.25 bits per heavy atom. The van der Waals surface area contributed by atoms with E-state index in [-0.39, 0.29) is 12.7 Å². The number of carbonyl (C=O) groups excluding carboxylic acids is 1. The van der Waals surface area contributed by atoms with Crippen molar-refractivity contribution in [2.75, 3.05) is 6.61 Å². The van der Waals surface area contributed by atoms with E-state index in [9.17, 15) is 13.6 Å². The summed E-state index contributed by atoms with van der Waals surface area (Å²) in [6, 6.07) is 3.41. The average molecular weight is 282 g/mol. The lowest BCUT2D eigenvalue weighted by atomic mass is 9.82. The molecule has 0 aromatic heterocycles. The van der Waals surface area contributed by atoms with E-state index in [1.165, 1.54) is 6.07 Å². The van der Waals surface area contributed by atoms with Crippen LogP contribution < -0.4 is 0 Å². The lowest BCUT2D eigenvalue weighted by molar-refractivity contribution is 0.00533. The zero-order valence-electron chi connectivity index (χ0n) is 11.9. The van der Waals surface area contributed by atoms with Crippen LogP contribution >= 0.6 is 0 Å². The van der Waals surface area contributed by atoms with E-state index in [2.05, 4.69) is 13.8 Å². The smallest absolute Gasteiger partial charge is 0.194 e. The highest BCUT2D eigenvalue weighted by Gasteiger charge is 2.26. The molecule has 0 N–H and O–H groups in total. The van der Waals surface area contributed by atoms with Crippen LogP contribution in [-0.4, -0.2) is 18.5 Å². The monoisotopic (exact) mass is 282 g/mol. The molecule has 2 rings (SSSR count). The van der Waals surface area contributed by atoms with Crippen molar-refractivity contribution < 1.29 is 18.3 Å². The van der Waals surface area contributed by atoms with Crippen LogP contribution in [0.4, 0.5) is 8.78 Å². The van der Waals surface area contributed by atoms with Crippen molar-refractivity contribution in [3.05, 3.63) is 35.4 Å². The van der Waals surface area contributed by atoms with Gasteiger partial charge in [-0.15, -0.1) is 0 Å². The first kappa shape index (κ1) is 15.1.